The summed E-state index contributed by atoms with van der Waals surface area (Å²) in [5.41, 5.74) is 4.47. The highest BCUT2D eigenvalue weighted by molar-refractivity contribution is 6.01. The number of ether oxygens (including phenoxy) is 1. The number of methoxy groups -OCH3 is 1. The van der Waals surface area contributed by atoms with Gasteiger partial charge in [-0.3, -0.25) is 4.79 Å². The number of amides is 2. The largest absolute Gasteiger partial charge is 0.452 e. The molecule has 1 fully saturated rings. The average molecular weight is 317 g/mol. The van der Waals surface area contributed by atoms with E-state index >= 15 is 0 Å². The first-order valence-electron chi connectivity index (χ1n) is 7.89. The first-order valence-corrected chi connectivity index (χ1v) is 7.89. The molecule has 1 aromatic carbocycles. The summed E-state index contributed by atoms with van der Waals surface area (Å²) in [5, 5.41) is 6.93. The fourth-order valence-corrected chi connectivity index (χ4v) is 2.67. The molecule has 2 rings (SSSR count). The van der Waals surface area contributed by atoms with Crippen molar-refractivity contribution in [1.29, 1.82) is 0 Å². The van der Waals surface area contributed by atoms with E-state index in [1.807, 2.05) is 24.3 Å². The number of carbonyl (C=O) groups excluding carboxylic acids is 2. The van der Waals surface area contributed by atoms with Crippen LogP contribution in [0.3, 0.4) is 0 Å². The SMILES string of the molecule is COC(=O)N/N=C(/C)c1cccc(NC(=O)C2CCCCC2)c1. The number of hydrazone groups is 1. The molecule has 124 valence electrons. The van der Waals surface area contributed by atoms with E-state index in [9.17, 15) is 9.59 Å². The monoisotopic (exact) mass is 317 g/mol. The molecule has 6 heteroatoms. The van der Waals surface area contributed by atoms with E-state index in [0.29, 0.717) is 5.71 Å². The molecule has 0 bridgehead atoms. The highest BCUT2D eigenvalue weighted by atomic mass is 16.5. The number of hydrogen-bond donors (Lipinski definition) is 2. The van der Waals surface area contributed by atoms with Crippen LogP contribution in [0.2, 0.25) is 0 Å². The van der Waals surface area contributed by atoms with Gasteiger partial charge in [0.1, 0.15) is 0 Å². The number of hydrogen-bond acceptors (Lipinski definition) is 4. The van der Waals surface area contributed by atoms with Crippen molar-refractivity contribution in [3.05, 3.63) is 29.8 Å². The van der Waals surface area contributed by atoms with Crippen LogP contribution in [0, 0.1) is 5.92 Å². The summed E-state index contributed by atoms with van der Waals surface area (Å²) >= 11 is 0. The van der Waals surface area contributed by atoms with E-state index in [0.717, 1.165) is 36.9 Å². The topological polar surface area (TPSA) is 79.8 Å². The van der Waals surface area contributed by atoms with E-state index in [4.69, 9.17) is 0 Å². The third-order valence-electron chi connectivity index (χ3n) is 4.02. The van der Waals surface area contributed by atoms with Gasteiger partial charge in [0.25, 0.3) is 0 Å². The predicted octanol–water partition coefficient (Wildman–Crippen LogP) is 3.29. The predicted molar refractivity (Wildman–Crippen MR) is 89.4 cm³/mol. The van der Waals surface area contributed by atoms with Gasteiger partial charge in [-0.25, -0.2) is 10.2 Å². The highest BCUT2D eigenvalue weighted by Crippen LogP contribution is 2.25. The van der Waals surface area contributed by atoms with Crippen molar-refractivity contribution in [2.45, 2.75) is 39.0 Å². The molecular weight excluding hydrogens is 294 g/mol. The van der Waals surface area contributed by atoms with Crippen LogP contribution >= 0.6 is 0 Å². The lowest BCUT2D eigenvalue weighted by Gasteiger charge is -2.20. The quantitative estimate of drug-likeness (QED) is 0.660. The van der Waals surface area contributed by atoms with Gasteiger partial charge in [0, 0.05) is 11.6 Å². The number of carbonyl (C=O) groups is 2. The molecule has 1 aliphatic rings. The second-order valence-electron chi connectivity index (χ2n) is 5.71. The van der Waals surface area contributed by atoms with Crippen molar-refractivity contribution in [1.82, 2.24) is 5.43 Å². The summed E-state index contributed by atoms with van der Waals surface area (Å²) in [6.45, 7) is 1.78. The van der Waals surface area contributed by atoms with Crippen LogP contribution in [0.1, 0.15) is 44.6 Å². The summed E-state index contributed by atoms with van der Waals surface area (Å²) in [5.74, 6) is 0.201. The van der Waals surface area contributed by atoms with Crippen LogP contribution in [0.15, 0.2) is 29.4 Å². The molecule has 0 radical (unpaired) electrons. The Morgan fingerprint density at radius 2 is 1.96 bits per heavy atom. The minimum Gasteiger partial charge on any atom is -0.452 e. The van der Waals surface area contributed by atoms with Gasteiger partial charge in [-0.1, -0.05) is 31.4 Å². The summed E-state index contributed by atoms with van der Waals surface area (Å²) < 4.78 is 4.47. The number of rotatable bonds is 4. The van der Waals surface area contributed by atoms with Crippen molar-refractivity contribution in [3.8, 4) is 0 Å². The lowest BCUT2D eigenvalue weighted by atomic mass is 9.88. The van der Waals surface area contributed by atoms with Gasteiger partial charge in [0.05, 0.1) is 12.8 Å². The number of nitrogens with zero attached hydrogens (tertiary/aromatic N) is 1. The summed E-state index contributed by atoms with van der Waals surface area (Å²) in [6, 6.07) is 7.42. The molecule has 23 heavy (non-hydrogen) atoms. The summed E-state index contributed by atoms with van der Waals surface area (Å²) in [6.07, 6.45) is 4.80. The lowest BCUT2D eigenvalue weighted by Crippen LogP contribution is -2.24. The molecule has 0 spiro atoms. The summed E-state index contributed by atoms with van der Waals surface area (Å²) in [4.78, 5) is 23.3. The molecular formula is C17H23N3O3. The fraction of sp³-hybridized carbons (Fsp3) is 0.471. The second-order valence-corrected chi connectivity index (χ2v) is 5.71. The maximum absolute atomic E-state index is 12.3. The Kier molecular flexibility index (Phi) is 6.14. The Labute approximate surface area is 136 Å². The van der Waals surface area contributed by atoms with E-state index in [1.54, 1.807) is 6.92 Å². The van der Waals surface area contributed by atoms with Gasteiger partial charge in [0.15, 0.2) is 0 Å². The lowest BCUT2D eigenvalue weighted by molar-refractivity contribution is -0.120. The normalized spacial score (nSPS) is 15.8. The Balaban J connectivity index is 2.01. The van der Waals surface area contributed by atoms with Crippen molar-refractivity contribution >= 4 is 23.4 Å². The second kappa shape index (κ2) is 8.31. The van der Waals surface area contributed by atoms with E-state index in [-0.39, 0.29) is 11.8 Å². The van der Waals surface area contributed by atoms with Crippen LogP contribution in [0.5, 0.6) is 0 Å². The molecule has 0 atom stereocenters. The molecule has 1 aliphatic carbocycles. The Hall–Kier alpha value is -2.37. The Bertz CT molecular complexity index is 593. The Morgan fingerprint density at radius 3 is 2.65 bits per heavy atom. The third-order valence-corrected chi connectivity index (χ3v) is 4.02. The number of nitrogens with one attached hydrogen (secondary N) is 2. The van der Waals surface area contributed by atoms with E-state index in [1.165, 1.54) is 13.5 Å². The van der Waals surface area contributed by atoms with Crippen molar-refractivity contribution in [3.63, 3.8) is 0 Å². The van der Waals surface area contributed by atoms with Gasteiger partial charge >= 0.3 is 6.09 Å². The van der Waals surface area contributed by atoms with Crippen LogP contribution < -0.4 is 10.7 Å². The van der Waals surface area contributed by atoms with Crippen LogP contribution in [0.25, 0.3) is 0 Å². The standard InChI is InChI=1S/C17H23N3O3/c1-12(19-20-17(22)23-2)14-9-6-10-15(11-14)18-16(21)13-7-4-3-5-8-13/h6,9-11,13H,3-5,7-8H2,1-2H3,(H,18,21)(H,20,22)/b19-12-. The van der Waals surface area contributed by atoms with Gasteiger partial charge in [0.2, 0.25) is 5.91 Å². The van der Waals surface area contributed by atoms with E-state index < -0.39 is 6.09 Å². The molecule has 2 N–H and O–H groups in total. The van der Waals surface area contributed by atoms with E-state index in [2.05, 4.69) is 20.6 Å². The average Bonchev–Trinajstić information content (AvgIpc) is 2.60. The summed E-state index contributed by atoms with van der Waals surface area (Å²) in [7, 11) is 1.28. The maximum Gasteiger partial charge on any atom is 0.427 e. The molecule has 0 unspecified atom stereocenters. The smallest absolute Gasteiger partial charge is 0.427 e. The van der Waals surface area contributed by atoms with Crippen LogP contribution in [0.4, 0.5) is 10.5 Å². The minimum absolute atomic E-state index is 0.0872. The molecule has 1 aromatic rings. The molecule has 0 aliphatic heterocycles. The maximum atomic E-state index is 12.3. The first-order chi connectivity index (χ1) is 11.1. The van der Waals surface area contributed by atoms with Crippen molar-refractivity contribution in [2.24, 2.45) is 11.0 Å². The van der Waals surface area contributed by atoms with Crippen LogP contribution in [-0.4, -0.2) is 24.8 Å². The highest BCUT2D eigenvalue weighted by Gasteiger charge is 2.21. The minimum atomic E-state index is -0.619. The molecule has 6 nitrogen and oxygen atoms in total. The first kappa shape index (κ1) is 17.0. The zero-order valence-electron chi connectivity index (χ0n) is 13.6. The number of benzene rings is 1. The van der Waals surface area contributed by atoms with Gasteiger partial charge in [-0.2, -0.15) is 5.10 Å². The van der Waals surface area contributed by atoms with Gasteiger partial charge < -0.3 is 10.1 Å². The zero-order chi connectivity index (χ0) is 16.7. The zero-order valence-corrected chi connectivity index (χ0v) is 13.6. The van der Waals surface area contributed by atoms with Gasteiger partial charge in [-0.05, 0) is 37.5 Å². The fourth-order valence-electron chi connectivity index (χ4n) is 2.67. The molecule has 2 amide bonds. The Morgan fingerprint density at radius 1 is 1.22 bits per heavy atom. The molecule has 0 heterocycles. The van der Waals surface area contributed by atoms with Crippen molar-refractivity contribution in [2.75, 3.05) is 12.4 Å². The van der Waals surface area contributed by atoms with Gasteiger partial charge in [-0.15, -0.1) is 0 Å². The third kappa shape index (κ3) is 5.09. The molecule has 0 aromatic heterocycles. The molecule has 0 saturated heterocycles. The van der Waals surface area contributed by atoms with Crippen LogP contribution in [-0.2, 0) is 9.53 Å². The number of anilines is 1. The van der Waals surface area contributed by atoms with Crippen molar-refractivity contribution < 1.29 is 14.3 Å². The molecule has 1 saturated carbocycles.